The largest absolute Gasteiger partial charge is 0.480 e. The minimum Gasteiger partial charge on any atom is -0.480 e. The Balaban J connectivity index is 5.34. The third-order valence-corrected chi connectivity index (χ3v) is 4.47. The van der Waals surface area contributed by atoms with Crippen LogP contribution in [0.5, 0.6) is 0 Å². The Morgan fingerprint density at radius 2 is 1.26 bits per heavy atom. The van der Waals surface area contributed by atoms with E-state index in [2.05, 4.69) is 16.0 Å². The first kappa shape index (κ1) is 24.8. The van der Waals surface area contributed by atoms with Gasteiger partial charge in [0.25, 0.3) is 0 Å². The van der Waals surface area contributed by atoms with Gasteiger partial charge in [0.15, 0.2) is 0 Å². The number of carbonyl (C=O) groups excluding carboxylic acids is 3. The fraction of sp³-hybridized carbons (Fsp3) is 0.778. The zero-order chi connectivity index (χ0) is 21.3. The van der Waals surface area contributed by atoms with Crippen molar-refractivity contribution in [2.24, 2.45) is 23.5 Å². The summed E-state index contributed by atoms with van der Waals surface area (Å²) in [4.78, 5) is 48.2. The second-order valence-electron chi connectivity index (χ2n) is 7.43. The Hall–Kier alpha value is -2.16. The highest BCUT2D eigenvalue weighted by molar-refractivity contribution is 5.93. The molecule has 0 heterocycles. The summed E-state index contributed by atoms with van der Waals surface area (Å²) in [6.45, 7) is 10.3. The van der Waals surface area contributed by atoms with E-state index in [0.29, 0.717) is 6.42 Å². The van der Waals surface area contributed by atoms with Crippen molar-refractivity contribution >= 4 is 23.7 Å². The third kappa shape index (κ3) is 7.94. The van der Waals surface area contributed by atoms with Gasteiger partial charge < -0.3 is 26.8 Å². The van der Waals surface area contributed by atoms with E-state index in [-0.39, 0.29) is 24.3 Å². The van der Waals surface area contributed by atoms with Crippen LogP contribution in [-0.2, 0) is 19.2 Å². The van der Waals surface area contributed by atoms with Gasteiger partial charge in [-0.1, -0.05) is 48.0 Å². The second-order valence-corrected chi connectivity index (χ2v) is 7.43. The van der Waals surface area contributed by atoms with Crippen LogP contribution in [-0.4, -0.2) is 53.5 Å². The van der Waals surface area contributed by atoms with Gasteiger partial charge in [0, 0.05) is 0 Å². The number of nitrogens with two attached hydrogens (primary N) is 1. The van der Waals surface area contributed by atoms with Gasteiger partial charge in [-0.05, 0) is 17.8 Å². The molecule has 0 rings (SSSR count). The summed E-state index contributed by atoms with van der Waals surface area (Å²) in [6.07, 6.45) is 0.635. The van der Waals surface area contributed by atoms with E-state index in [1.807, 2.05) is 13.8 Å². The van der Waals surface area contributed by atoms with E-state index in [1.54, 1.807) is 27.7 Å². The van der Waals surface area contributed by atoms with Crippen molar-refractivity contribution in [1.82, 2.24) is 16.0 Å². The number of hydrogen-bond acceptors (Lipinski definition) is 5. The molecule has 0 saturated heterocycles. The van der Waals surface area contributed by atoms with Crippen molar-refractivity contribution in [2.75, 3.05) is 6.54 Å². The van der Waals surface area contributed by atoms with Gasteiger partial charge in [-0.3, -0.25) is 14.4 Å². The molecule has 27 heavy (non-hydrogen) atoms. The highest BCUT2D eigenvalue weighted by Gasteiger charge is 2.33. The van der Waals surface area contributed by atoms with Gasteiger partial charge in [-0.15, -0.1) is 0 Å². The van der Waals surface area contributed by atoms with E-state index < -0.39 is 41.8 Å². The molecule has 9 heteroatoms. The molecule has 0 spiro atoms. The fourth-order valence-corrected chi connectivity index (χ4v) is 2.47. The van der Waals surface area contributed by atoms with Gasteiger partial charge in [0.2, 0.25) is 17.7 Å². The van der Waals surface area contributed by atoms with E-state index in [1.165, 1.54) is 0 Å². The van der Waals surface area contributed by atoms with E-state index in [4.69, 9.17) is 5.73 Å². The number of carboxylic acids is 1. The minimum atomic E-state index is -1.14. The number of nitrogens with one attached hydrogen (secondary N) is 3. The Bertz CT molecular complexity index is 536. The van der Waals surface area contributed by atoms with Crippen LogP contribution in [0.2, 0.25) is 0 Å². The lowest BCUT2D eigenvalue weighted by molar-refractivity contribution is -0.144. The average Bonchev–Trinajstić information content (AvgIpc) is 2.59. The molecule has 156 valence electrons. The molecule has 0 aliphatic heterocycles. The summed E-state index contributed by atoms with van der Waals surface area (Å²) >= 11 is 0. The lowest BCUT2D eigenvalue weighted by Gasteiger charge is -2.29. The number of carbonyl (C=O) groups is 4. The molecule has 0 fully saturated rings. The Morgan fingerprint density at radius 3 is 1.63 bits per heavy atom. The van der Waals surface area contributed by atoms with Crippen molar-refractivity contribution in [1.29, 1.82) is 0 Å². The molecular weight excluding hydrogens is 352 g/mol. The second kappa shape index (κ2) is 11.5. The number of rotatable bonds is 11. The van der Waals surface area contributed by atoms with Crippen LogP contribution in [0.25, 0.3) is 0 Å². The summed E-state index contributed by atoms with van der Waals surface area (Å²) in [5.41, 5.74) is 5.31. The molecule has 9 nitrogen and oxygen atoms in total. The summed E-state index contributed by atoms with van der Waals surface area (Å²) in [5.74, 6) is -3.45. The Morgan fingerprint density at radius 1 is 0.815 bits per heavy atom. The van der Waals surface area contributed by atoms with Crippen LogP contribution in [0.4, 0.5) is 0 Å². The molecule has 0 aromatic carbocycles. The third-order valence-electron chi connectivity index (χ3n) is 4.47. The fourth-order valence-electron chi connectivity index (χ4n) is 2.47. The molecule has 3 amide bonds. The van der Waals surface area contributed by atoms with E-state index in [9.17, 15) is 24.3 Å². The van der Waals surface area contributed by atoms with E-state index in [0.717, 1.165) is 0 Å². The van der Waals surface area contributed by atoms with Crippen LogP contribution < -0.4 is 21.7 Å². The SMILES string of the molecule is CCC(C)C(NC(=O)CN)C(=O)NC(C(=O)NC(C(=O)O)C(C)C)C(C)C. The molecule has 0 saturated carbocycles. The van der Waals surface area contributed by atoms with Gasteiger partial charge in [-0.25, -0.2) is 4.79 Å². The lowest BCUT2D eigenvalue weighted by atomic mass is 9.96. The number of hydrogen-bond donors (Lipinski definition) is 5. The van der Waals surface area contributed by atoms with Gasteiger partial charge >= 0.3 is 5.97 Å². The van der Waals surface area contributed by atoms with Crippen molar-refractivity contribution in [3.63, 3.8) is 0 Å². The predicted octanol–water partition coefficient (Wildman–Crippen LogP) is -0.158. The van der Waals surface area contributed by atoms with Crippen LogP contribution >= 0.6 is 0 Å². The van der Waals surface area contributed by atoms with Gasteiger partial charge in [-0.2, -0.15) is 0 Å². The molecule has 0 radical (unpaired) electrons. The first-order chi connectivity index (χ1) is 12.5. The molecule has 0 aromatic rings. The number of carboxylic acid groups (broad SMARTS) is 1. The van der Waals surface area contributed by atoms with Gasteiger partial charge in [0.1, 0.15) is 18.1 Å². The highest BCUT2D eigenvalue weighted by atomic mass is 16.4. The van der Waals surface area contributed by atoms with Gasteiger partial charge in [0.05, 0.1) is 6.54 Å². The van der Waals surface area contributed by atoms with Crippen molar-refractivity contribution < 1.29 is 24.3 Å². The smallest absolute Gasteiger partial charge is 0.326 e. The zero-order valence-electron chi connectivity index (χ0n) is 17.0. The average molecular weight is 386 g/mol. The van der Waals surface area contributed by atoms with Crippen molar-refractivity contribution in [3.8, 4) is 0 Å². The maximum Gasteiger partial charge on any atom is 0.326 e. The number of aliphatic carboxylic acids is 1. The van der Waals surface area contributed by atoms with Crippen LogP contribution in [0.3, 0.4) is 0 Å². The summed E-state index contributed by atoms with van der Waals surface area (Å²) in [7, 11) is 0. The van der Waals surface area contributed by atoms with Crippen LogP contribution in [0.15, 0.2) is 0 Å². The molecule has 4 unspecified atom stereocenters. The first-order valence-electron chi connectivity index (χ1n) is 9.29. The summed E-state index contributed by atoms with van der Waals surface area (Å²) in [5, 5.41) is 16.9. The molecule has 4 atom stereocenters. The maximum absolute atomic E-state index is 12.7. The summed E-state index contributed by atoms with van der Waals surface area (Å²) < 4.78 is 0. The quantitative estimate of drug-likeness (QED) is 0.333. The molecule has 0 aromatic heterocycles. The summed E-state index contributed by atoms with van der Waals surface area (Å²) in [6, 6.07) is -2.82. The molecule has 0 aliphatic carbocycles. The maximum atomic E-state index is 12.7. The number of amides is 3. The van der Waals surface area contributed by atoms with Crippen LogP contribution in [0, 0.1) is 17.8 Å². The van der Waals surface area contributed by atoms with Crippen LogP contribution in [0.1, 0.15) is 48.0 Å². The highest BCUT2D eigenvalue weighted by Crippen LogP contribution is 2.11. The monoisotopic (exact) mass is 386 g/mol. The molecule has 0 bridgehead atoms. The normalized spacial score (nSPS) is 15.6. The van der Waals surface area contributed by atoms with E-state index >= 15 is 0 Å². The Kier molecular flexibility index (Phi) is 10.6. The molecular formula is C18H34N4O5. The van der Waals surface area contributed by atoms with Crippen molar-refractivity contribution in [3.05, 3.63) is 0 Å². The first-order valence-corrected chi connectivity index (χ1v) is 9.29. The molecule has 6 N–H and O–H groups in total. The van der Waals surface area contributed by atoms with Crippen molar-refractivity contribution in [2.45, 2.75) is 66.1 Å². The Labute approximate surface area is 160 Å². The predicted molar refractivity (Wildman–Crippen MR) is 102 cm³/mol. The zero-order valence-corrected chi connectivity index (χ0v) is 17.0. The standard InChI is InChI=1S/C18H34N4O5/c1-7-11(6)15(20-12(23)8-19)17(25)21-13(9(2)3)16(24)22-14(10(4)5)18(26)27/h9-11,13-15H,7-8,19H2,1-6H3,(H,20,23)(H,21,25)(H,22,24)(H,26,27). The minimum absolute atomic E-state index is 0.168. The lowest BCUT2D eigenvalue weighted by Crippen LogP contribution is -2.59. The topological polar surface area (TPSA) is 151 Å². The molecule has 0 aliphatic rings.